The molecule has 0 atom stereocenters. The predicted molar refractivity (Wildman–Crippen MR) is 103 cm³/mol. The SMILES string of the molecule is Cc1cc(N2CCC(N(C)C(=O)c3cncn3C)CC2)n2nc(C)cc2n1. The van der Waals surface area contributed by atoms with E-state index in [9.17, 15) is 4.79 Å². The molecule has 0 bridgehead atoms. The van der Waals surface area contributed by atoms with Gasteiger partial charge in [0.2, 0.25) is 0 Å². The summed E-state index contributed by atoms with van der Waals surface area (Å²) in [5.41, 5.74) is 3.46. The van der Waals surface area contributed by atoms with Crippen molar-refractivity contribution in [2.75, 3.05) is 25.0 Å². The summed E-state index contributed by atoms with van der Waals surface area (Å²) in [5, 5.41) is 4.59. The Labute approximate surface area is 158 Å². The molecule has 0 unspecified atom stereocenters. The molecule has 1 aliphatic rings. The number of anilines is 1. The van der Waals surface area contributed by atoms with Gasteiger partial charge in [-0.1, -0.05) is 0 Å². The van der Waals surface area contributed by atoms with Gasteiger partial charge in [0.1, 0.15) is 11.5 Å². The van der Waals surface area contributed by atoms with E-state index in [-0.39, 0.29) is 11.9 Å². The average Bonchev–Trinajstić information content (AvgIpc) is 3.24. The van der Waals surface area contributed by atoms with E-state index in [1.165, 1.54) is 0 Å². The second kappa shape index (κ2) is 6.68. The van der Waals surface area contributed by atoms with Crippen molar-refractivity contribution in [1.82, 2.24) is 29.0 Å². The minimum absolute atomic E-state index is 0.0262. The lowest BCUT2D eigenvalue weighted by molar-refractivity contribution is 0.0699. The van der Waals surface area contributed by atoms with E-state index < -0.39 is 0 Å². The van der Waals surface area contributed by atoms with Crippen LogP contribution in [0.1, 0.15) is 34.7 Å². The molecule has 0 N–H and O–H groups in total. The van der Waals surface area contributed by atoms with Crippen LogP contribution in [0.15, 0.2) is 24.7 Å². The third kappa shape index (κ3) is 3.15. The van der Waals surface area contributed by atoms with Gasteiger partial charge in [0, 0.05) is 51.1 Å². The number of aromatic nitrogens is 5. The molecule has 0 radical (unpaired) electrons. The Bertz CT molecular complexity index is 981. The van der Waals surface area contributed by atoms with Crippen LogP contribution in [-0.2, 0) is 7.05 Å². The number of aryl methyl sites for hydroxylation is 3. The van der Waals surface area contributed by atoms with Crippen LogP contribution in [0.2, 0.25) is 0 Å². The number of fused-ring (bicyclic) bond motifs is 1. The molecule has 3 aromatic heterocycles. The standard InChI is InChI=1S/C19H25N7O/c1-13-10-18(26-17(21-13)9-14(2)22-26)25-7-5-15(6-8-25)24(4)19(27)16-11-20-12-23(16)3/h9-12,15H,5-8H2,1-4H3. The summed E-state index contributed by atoms with van der Waals surface area (Å²) in [4.78, 5) is 25.6. The van der Waals surface area contributed by atoms with Crippen molar-refractivity contribution in [3.63, 3.8) is 0 Å². The van der Waals surface area contributed by atoms with E-state index in [1.54, 1.807) is 17.1 Å². The summed E-state index contributed by atoms with van der Waals surface area (Å²) in [6, 6.07) is 4.31. The van der Waals surface area contributed by atoms with E-state index >= 15 is 0 Å². The van der Waals surface area contributed by atoms with Crippen LogP contribution < -0.4 is 4.90 Å². The zero-order chi connectivity index (χ0) is 19.1. The first-order valence-corrected chi connectivity index (χ1v) is 9.26. The smallest absolute Gasteiger partial charge is 0.272 e. The van der Waals surface area contributed by atoms with E-state index in [1.807, 2.05) is 43.4 Å². The maximum Gasteiger partial charge on any atom is 0.272 e. The van der Waals surface area contributed by atoms with E-state index in [4.69, 9.17) is 0 Å². The van der Waals surface area contributed by atoms with Crippen LogP contribution >= 0.6 is 0 Å². The van der Waals surface area contributed by atoms with E-state index in [0.717, 1.165) is 48.8 Å². The van der Waals surface area contributed by atoms with Crippen molar-refractivity contribution in [3.05, 3.63) is 41.7 Å². The fourth-order valence-electron chi connectivity index (χ4n) is 3.81. The minimum Gasteiger partial charge on any atom is -0.356 e. The number of hydrogen-bond acceptors (Lipinski definition) is 5. The highest BCUT2D eigenvalue weighted by Gasteiger charge is 2.28. The molecule has 1 fully saturated rings. The molecule has 1 saturated heterocycles. The third-order valence-corrected chi connectivity index (χ3v) is 5.35. The number of nitrogens with zero attached hydrogens (tertiary/aromatic N) is 7. The van der Waals surface area contributed by atoms with Crippen molar-refractivity contribution in [2.45, 2.75) is 32.7 Å². The second-order valence-corrected chi connectivity index (χ2v) is 7.34. The zero-order valence-corrected chi connectivity index (χ0v) is 16.3. The Morgan fingerprint density at radius 1 is 1.19 bits per heavy atom. The molecule has 3 aromatic rings. The van der Waals surface area contributed by atoms with Gasteiger partial charge >= 0.3 is 0 Å². The highest BCUT2D eigenvalue weighted by atomic mass is 16.2. The molecular formula is C19H25N7O. The first kappa shape index (κ1) is 17.5. The van der Waals surface area contributed by atoms with Crippen molar-refractivity contribution in [1.29, 1.82) is 0 Å². The van der Waals surface area contributed by atoms with Gasteiger partial charge in [0.15, 0.2) is 5.65 Å². The van der Waals surface area contributed by atoms with Crippen LogP contribution in [0.3, 0.4) is 0 Å². The Kier molecular flexibility index (Phi) is 4.33. The summed E-state index contributed by atoms with van der Waals surface area (Å²) >= 11 is 0. The van der Waals surface area contributed by atoms with Gasteiger partial charge in [-0.3, -0.25) is 4.79 Å². The molecule has 1 amide bonds. The largest absolute Gasteiger partial charge is 0.356 e. The lowest BCUT2D eigenvalue weighted by atomic mass is 10.0. The summed E-state index contributed by atoms with van der Waals surface area (Å²) in [6.45, 7) is 5.76. The Morgan fingerprint density at radius 3 is 2.59 bits per heavy atom. The Hall–Kier alpha value is -2.90. The first-order valence-electron chi connectivity index (χ1n) is 9.26. The van der Waals surface area contributed by atoms with Gasteiger partial charge in [-0.15, -0.1) is 0 Å². The number of amides is 1. The Morgan fingerprint density at radius 2 is 1.93 bits per heavy atom. The molecule has 0 aromatic carbocycles. The molecule has 27 heavy (non-hydrogen) atoms. The molecule has 4 rings (SSSR count). The van der Waals surface area contributed by atoms with Gasteiger partial charge in [-0.05, 0) is 26.7 Å². The molecular weight excluding hydrogens is 342 g/mol. The minimum atomic E-state index is 0.0262. The molecule has 1 aliphatic heterocycles. The zero-order valence-electron chi connectivity index (χ0n) is 16.3. The van der Waals surface area contributed by atoms with Crippen LogP contribution in [0, 0.1) is 13.8 Å². The van der Waals surface area contributed by atoms with Crippen LogP contribution in [0.4, 0.5) is 5.82 Å². The molecule has 8 nitrogen and oxygen atoms in total. The number of rotatable bonds is 3. The van der Waals surface area contributed by atoms with Gasteiger partial charge < -0.3 is 14.4 Å². The second-order valence-electron chi connectivity index (χ2n) is 7.34. The fourth-order valence-corrected chi connectivity index (χ4v) is 3.81. The van der Waals surface area contributed by atoms with Gasteiger partial charge in [0.05, 0.1) is 18.2 Å². The highest BCUT2D eigenvalue weighted by molar-refractivity contribution is 5.92. The quantitative estimate of drug-likeness (QED) is 0.706. The lowest BCUT2D eigenvalue weighted by Crippen LogP contribution is -2.46. The lowest BCUT2D eigenvalue weighted by Gasteiger charge is -2.37. The number of carbonyl (C=O) groups excluding carboxylic acids is 1. The Balaban J connectivity index is 1.49. The van der Waals surface area contributed by atoms with Crippen molar-refractivity contribution < 1.29 is 4.79 Å². The third-order valence-electron chi connectivity index (χ3n) is 5.35. The number of piperidine rings is 1. The normalized spacial score (nSPS) is 15.5. The summed E-state index contributed by atoms with van der Waals surface area (Å²) in [6.07, 6.45) is 5.13. The maximum absolute atomic E-state index is 12.7. The molecule has 0 saturated carbocycles. The van der Waals surface area contributed by atoms with Crippen LogP contribution in [-0.4, -0.2) is 61.1 Å². The molecule has 4 heterocycles. The van der Waals surface area contributed by atoms with E-state index in [0.29, 0.717) is 5.69 Å². The number of carbonyl (C=O) groups is 1. The van der Waals surface area contributed by atoms with Crippen molar-refractivity contribution in [3.8, 4) is 0 Å². The van der Waals surface area contributed by atoms with Crippen LogP contribution in [0.25, 0.3) is 5.65 Å². The topological polar surface area (TPSA) is 71.6 Å². The monoisotopic (exact) mass is 367 g/mol. The molecule has 142 valence electrons. The van der Waals surface area contributed by atoms with Crippen LogP contribution in [0.5, 0.6) is 0 Å². The summed E-state index contributed by atoms with van der Waals surface area (Å²) < 4.78 is 3.69. The van der Waals surface area contributed by atoms with Gasteiger partial charge in [-0.25, -0.2) is 9.97 Å². The number of imidazole rings is 1. The summed E-state index contributed by atoms with van der Waals surface area (Å²) in [5.74, 6) is 1.10. The summed E-state index contributed by atoms with van der Waals surface area (Å²) in [7, 11) is 3.74. The average molecular weight is 367 g/mol. The first-order chi connectivity index (χ1) is 12.9. The fraction of sp³-hybridized carbons (Fsp3) is 0.474. The number of hydrogen-bond donors (Lipinski definition) is 0. The van der Waals surface area contributed by atoms with Gasteiger partial charge in [-0.2, -0.15) is 9.61 Å². The predicted octanol–water partition coefficient (Wildman–Crippen LogP) is 1.82. The van der Waals surface area contributed by atoms with Gasteiger partial charge in [0.25, 0.3) is 5.91 Å². The van der Waals surface area contributed by atoms with E-state index in [2.05, 4.69) is 26.0 Å². The highest BCUT2D eigenvalue weighted by Crippen LogP contribution is 2.24. The maximum atomic E-state index is 12.7. The molecule has 8 heteroatoms. The molecule has 0 spiro atoms. The van der Waals surface area contributed by atoms with Crippen molar-refractivity contribution >= 4 is 17.4 Å². The van der Waals surface area contributed by atoms with Crippen molar-refractivity contribution in [2.24, 2.45) is 7.05 Å². The molecule has 0 aliphatic carbocycles.